The zero-order valence-electron chi connectivity index (χ0n) is 6.79. The third-order valence-corrected chi connectivity index (χ3v) is 1.86. The summed E-state index contributed by atoms with van der Waals surface area (Å²) >= 11 is 0. The van der Waals surface area contributed by atoms with Crippen LogP contribution in [0.3, 0.4) is 0 Å². The second-order valence-electron chi connectivity index (χ2n) is 2.68. The molecule has 0 fully saturated rings. The Kier molecular flexibility index (Phi) is 2.00. The monoisotopic (exact) mass is 181 g/mol. The third kappa shape index (κ3) is 1.30. The van der Waals surface area contributed by atoms with Gasteiger partial charge in [-0.25, -0.2) is 10.3 Å². The van der Waals surface area contributed by atoms with Crippen molar-refractivity contribution in [2.24, 2.45) is 5.90 Å². The molecule has 0 spiro atoms. The van der Waals surface area contributed by atoms with Crippen LogP contribution >= 0.6 is 0 Å². The Hall–Kier alpha value is -1.39. The maximum atomic E-state index is 13.2. The van der Waals surface area contributed by atoms with Gasteiger partial charge in [-0.15, -0.1) is 0 Å². The second kappa shape index (κ2) is 3.16. The first-order valence-electron chi connectivity index (χ1n) is 3.79. The van der Waals surface area contributed by atoms with E-state index in [1.165, 1.54) is 12.3 Å². The van der Waals surface area contributed by atoms with Gasteiger partial charge in [-0.05, 0) is 12.1 Å². The molecule has 0 saturated carbocycles. The van der Waals surface area contributed by atoms with Crippen molar-refractivity contribution in [2.45, 2.75) is 6.61 Å². The van der Waals surface area contributed by atoms with E-state index in [1.54, 1.807) is 12.1 Å². The molecule has 0 bridgehead atoms. The molecule has 0 radical (unpaired) electrons. The van der Waals surface area contributed by atoms with Crippen LogP contribution in [-0.4, -0.2) is 0 Å². The lowest BCUT2D eigenvalue weighted by molar-refractivity contribution is 0.124. The lowest BCUT2D eigenvalue weighted by Crippen LogP contribution is -1.98. The highest BCUT2D eigenvalue weighted by molar-refractivity contribution is 5.81. The number of hydrogen-bond donors (Lipinski definition) is 1. The molecule has 2 N–H and O–H groups in total. The van der Waals surface area contributed by atoms with Gasteiger partial charge in [-0.2, -0.15) is 0 Å². The molecule has 2 rings (SSSR count). The van der Waals surface area contributed by atoms with Gasteiger partial charge in [0.1, 0.15) is 11.4 Å². The van der Waals surface area contributed by atoms with Crippen LogP contribution in [0.5, 0.6) is 0 Å². The first-order valence-corrected chi connectivity index (χ1v) is 3.79. The summed E-state index contributed by atoms with van der Waals surface area (Å²) in [5.74, 6) is 4.58. The summed E-state index contributed by atoms with van der Waals surface area (Å²) < 4.78 is 18.4. The highest BCUT2D eigenvalue weighted by Crippen LogP contribution is 2.23. The number of benzene rings is 1. The maximum Gasteiger partial charge on any atom is 0.137 e. The molecular formula is C9H8FNO2. The highest BCUT2D eigenvalue weighted by atomic mass is 19.1. The van der Waals surface area contributed by atoms with E-state index in [0.717, 1.165) is 0 Å². The van der Waals surface area contributed by atoms with Crippen LogP contribution in [0.15, 0.2) is 28.9 Å². The first kappa shape index (κ1) is 8.22. The van der Waals surface area contributed by atoms with E-state index in [0.29, 0.717) is 16.5 Å². The van der Waals surface area contributed by atoms with Gasteiger partial charge in [0.25, 0.3) is 0 Å². The lowest BCUT2D eigenvalue weighted by atomic mass is 10.2. The maximum absolute atomic E-state index is 13.2. The normalized spacial score (nSPS) is 10.9. The van der Waals surface area contributed by atoms with Crippen molar-refractivity contribution in [3.8, 4) is 0 Å². The molecule has 0 aliphatic rings. The smallest absolute Gasteiger partial charge is 0.137 e. The predicted octanol–water partition coefficient (Wildman–Crippen LogP) is 1.96. The minimum Gasteiger partial charge on any atom is -0.464 e. The van der Waals surface area contributed by atoms with Crippen molar-refractivity contribution >= 4 is 11.0 Å². The van der Waals surface area contributed by atoms with Gasteiger partial charge in [-0.3, -0.25) is 4.84 Å². The fourth-order valence-corrected chi connectivity index (χ4v) is 1.30. The number of hydrogen-bond acceptors (Lipinski definition) is 3. The van der Waals surface area contributed by atoms with Gasteiger partial charge in [0, 0.05) is 5.56 Å². The zero-order chi connectivity index (χ0) is 9.26. The molecular weight excluding hydrogens is 173 g/mol. The number of halogens is 1. The highest BCUT2D eigenvalue weighted by Gasteiger charge is 2.09. The summed E-state index contributed by atoms with van der Waals surface area (Å²) in [6, 6.07) is 4.66. The van der Waals surface area contributed by atoms with E-state index in [9.17, 15) is 4.39 Å². The molecule has 4 heteroatoms. The summed E-state index contributed by atoms with van der Waals surface area (Å²) in [7, 11) is 0. The Labute approximate surface area is 73.8 Å². The van der Waals surface area contributed by atoms with E-state index < -0.39 is 0 Å². The predicted molar refractivity (Wildman–Crippen MR) is 45.1 cm³/mol. The molecule has 0 aliphatic carbocycles. The Bertz CT molecular complexity index is 424. The van der Waals surface area contributed by atoms with Crippen LogP contribution in [0.25, 0.3) is 11.0 Å². The van der Waals surface area contributed by atoms with Crippen LogP contribution < -0.4 is 5.90 Å². The van der Waals surface area contributed by atoms with E-state index in [4.69, 9.17) is 10.3 Å². The molecule has 1 aromatic heterocycles. The molecule has 68 valence electrons. The van der Waals surface area contributed by atoms with Crippen LogP contribution in [-0.2, 0) is 11.4 Å². The third-order valence-electron chi connectivity index (χ3n) is 1.86. The van der Waals surface area contributed by atoms with Crippen molar-refractivity contribution in [3.05, 3.63) is 35.8 Å². The Balaban J connectivity index is 2.64. The van der Waals surface area contributed by atoms with Crippen molar-refractivity contribution in [3.63, 3.8) is 0 Å². The minimum atomic E-state index is -0.321. The molecule has 0 amide bonds. The van der Waals surface area contributed by atoms with E-state index in [1.807, 2.05) is 0 Å². The Morgan fingerprint density at radius 2 is 2.31 bits per heavy atom. The van der Waals surface area contributed by atoms with E-state index in [-0.39, 0.29) is 12.4 Å². The average molecular weight is 181 g/mol. The number of furan rings is 1. The SMILES string of the molecule is NOCc1coc2cccc(F)c12. The lowest BCUT2D eigenvalue weighted by Gasteiger charge is -1.95. The van der Waals surface area contributed by atoms with Gasteiger partial charge in [0.05, 0.1) is 18.3 Å². The van der Waals surface area contributed by atoms with Crippen LogP contribution in [0, 0.1) is 5.82 Å². The van der Waals surface area contributed by atoms with Crippen molar-refractivity contribution in [2.75, 3.05) is 0 Å². The summed E-state index contributed by atoms with van der Waals surface area (Å²) in [4.78, 5) is 4.42. The van der Waals surface area contributed by atoms with E-state index >= 15 is 0 Å². The quantitative estimate of drug-likeness (QED) is 0.720. The first-order chi connectivity index (χ1) is 6.33. The van der Waals surface area contributed by atoms with Gasteiger partial charge in [0.2, 0.25) is 0 Å². The summed E-state index contributed by atoms with van der Waals surface area (Å²) in [5, 5.41) is 0.438. The van der Waals surface area contributed by atoms with Crippen LogP contribution in [0.4, 0.5) is 4.39 Å². The second-order valence-corrected chi connectivity index (χ2v) is 2.68. The number of rotatable bonds is 2. The van der Waals surface area contributed by atoms with Gasteiger partial charge in [0.15, 0.2) is 0 Å². The topological polar surface area (TPSA) is 48.4 Å². The van der Waals surface area contributed by atoms with Crippen LogP contribution in [0.1, 0.15) is 5.56 Å². The van der Waals surface area contributed by atoms with Crippen molar-refractivity contribution in [1.29, 1.82) is 0 Å². The van der Waals surface area contributed by atoms with Crippen molar-refractivity contribution < 1.29 is 13.6 Å². The van der Waals surface area contributed by atoms with Gasteiger partial charge < -0.3 is 4.42 Å². The summed E-state index contributed by atoms with van der Waals surface area (Å²) in [5.41, 5.74) is 1.13. The van der Waals surface area contributed by atoms with Gasteiger partial charge >= 0.3 is 0 Å². The van der Waals surface area contributed by atoms with E-state index in [2.05, 4.69) is 4.84 Å². The molecule has 0 aliphatic heterocycles. The average Bonchev–Trinajstić information content (AvgIpc) is 2.51. The van der Waals surface area contributed by atoms with Crippen molar-refractivity contribution in [1.82, 2.24) is 0 Å². The molecule has 13 heavy (non-hydrogen) atoms. The fraction of sp³-hybridized carbons (Fsp3) is 0.111. The standard InChI is InChI=1S/C9H8FNO2/c10-7-2-1-3-8-9(7)6(4-12-8)5-13-11/h1-4H,5,11H2. The molecule has 0 unspecified atom stereocenters. The molecule has 1 heterocycles. The molecule has 2 aromatic rings. The summed E-state index contributed by atoms with van der Waals surface area (Å²) in [6.07, 6.45) is 1.45. The molecule has 1 aromatic carbocycles. The Morgan fingerprint density at radius 3 is 3.08 bits per heavy atom. The zero-order valence-corrected chi connectivity index (χ0v) is 6.79. The summed E-state index contributed by atoms with van der Waals surface area (Å²) in [6.45, 7) is 0.147. The Morgan fingerprint density at radius 1 is 1.46 bits per heavy atom. The largest absolute Gasteiger partial charge is 0.464 e. The molecule has 0 atom stereocenters. The van der Waals surface area contributed by atoms with Gasteiger partial charge in [-0.1, -0.05) is 6.07 Å². The van der Waals surface area contributed by atoms with Crippen LogP contribution in [0.2, 0.25) is 0 Å². The molecule has 0 saturated heterocycles. The minimum absolute atomic E-state index is 0.147. The fourth-order valence-electron chi connectivity index (χ4n) is 1.30. The number of fused-ring (bicyclic) bond motifs is 1. The number of nitrogens with two attached hydrogens (primary N) is 1. The molecule has 3 nitrogen and oxygen atoms in total.